The first-order chi connectivity index (χ1) is 12.2. The molecule has 0 saturated carbocycles. The van der Waals surface area contributed by atoms with Gasteiger partial charge in [-0.1, -0.05) is 41.4 Å². The van der Waals surface area contributed by atoms with Crippen LogP contribution in [-0.2, 0) is 0 Å². The number of hydrogen-bond donors (Lipinski definition) is 1. The van der Waals surface area contributed by atoms with E-state index in [1.165, 1.54) is 5.56 Å². The lowest BCUT2D eigenvalue weighted by atomic mass is 10.1. The van der Waals surface area contributed by atoms with Crippen molar-refractivity contribution < 1.29 is 4.74 Å². The summed E-state index contributed by atoms with van der Waals surface area (Å²) in [5, 5.41) is 12.5. The SMILES string of the molecule is COc1ccc(/C=N/Nc2cc(-c3ccc(C)cc3)c(Cl)nn2)cc1. The second-order valence-corrected chi connectivity index (χ2v) is 5.80. The Balaban J connectivity index is 1.75. The summed E-state index contributed by atoms with van der Waals surface area (Å²) < 4.78 is 5.13. The first kappa shape index (κ1) is 16.9. The number of ether oxygens (including phenoxy) is 1. The monoisotopic (exact) mass is 352 g/mol. The second kappa shape index (κ2) is 7.77. The van der Waals surface area contributed by atoms with Gasteiger partial charge in [-0.15, -0.1) is 10.2 Å². The molecule has 0 radical (unpaired) electrons. The van der Waals surface area contributed by atoms with Gasteiger partial charge in [-0.05, 0) is 48.4 Å². The molecule has 0 aliphatic heterocycles. The lowest BCUT2D eigenvalue weighted by molar-refractivity contribution is 0.415. The van der Waals surface area contributed by atoms with E-state index in [9.17, 15) is 0 Å². The number of rotatable bonds is 5. The van der Waals surface area contributed by atoms with Crippen LogP contribution in [0.1, 0.15) is 11.1 Å². The molecule has 2 aromatic carbocycles. The van der Waals surface area contributed by atoms with E-state index in [2.05, 4.69) is 20.7 Å². The Morgan fingerprint density at radius 1 is 1.04 bits per heavy atom. The van der Waals surface area contributed by atoms with E-state index in [1.807, 2.05) is 61.5 Å². The van der Waals surface area contributed by atoms with Crippen LogP contribution in [-0.4, -0.2) is 23.5 Å². The minimum absolute atomic E-state index is 0.355. The van der Waals surface area contributed by atoms with Crippen molar-refractivity contribution in [3.05, 3.63) is 70.9 Å². The molecule has 1 N–H and O–H groups in total. The Morgan fingerprint density at radius 3 is 2.44 bits per heavy atom. The summed E-state index contributed by atoms with van der Waals surface area (Å²) in [6, 6.07) is 17.5. The van der Waals surface area contributed by atoms with Crippen molar-refractivity contribution in [3.63, 3.8) is 0 Å². The fraction of sp³-hybridized carbons (Fsp3) is 0.105. The molecule has 0 saturated heterocycles. The van der Waals surface area contributed by atoms with Crippen LogP contribution in [0, 0.1) is 6.92 Å². The third-order valence-electron chi connectivity index (χ3n) is 3.62. The Bertz CT molecular complexity index is 877. The minimum atomic E-state index is 0.355. The van der Waals surface area contributed by atoms with E-state index in [4.69, 9.17) is 16.3 Å². The normalized spacial score (nSPS) is 10.8. The van der Waals surface area contributed by atoms with Gasteiger partial charge in [-0.2, -0.15) is 5.10 Å². The van der Waals surface area contributed by atoms with E-state index >= 15 is 0 Å². The van der Waals surface area contributed by atoms with Gasteiger partial charge in [0.2, 0.25) is 0 Å². The highest BCUT2D eigenvalue weighted by Crippen LogP contribution is 2.27. The van der Waals surface area contributed by atoms with Crippen LogP contribution in [0.25, 0.3) is 11.1 Å². The number of halogens is 1. The van der Waals surface area contributed by atoms with E-state index in [1.54, 1.807) is 13.3 Å². The number of nitrogens with zero attached hydrogens (tertiary/aromatic N) is 3. The van der Waals surface area contributed by atoms with Gasteiger partial charge in [0, 0.05) is 5.56 Å². The topological polar surface area (TPSA) is 59.4 Å². The molecule has 3 aromatic rings. The molecule has 1 aromatic heterocycles. The summed E-state index contributed by atoms with van der Waals surface area (Å²) in [5.41, 5.74) is 6.78. The van der Waals surface area contributed by atoms with Gasteiger partial charge < -0.3 is 4.74 Å². The lowest BCUT2D eigenvalue weighted by Crippen LogP contribution is -1.97. The number of benzene rings is 2. The highest BCUT2D eigenvalue weighted by Gasteiger charge is 2.07. The number of aromatic nitrogens is 2. The van der Waals surface area contributed by atoms with Crippen molar-refractivity contribution in [2.24, 2.45) is 5.10 Å². The van der Waals surface area contributed by atoms with Crippen LogP contribution in [0.5, 0.6) is 5.75 Å². The van der Waals surface area contributed by atoms with Crippen molar-refractivity contribution >= 4 is 23.6 Å². The molecule has 0 unspecified atom stereocenters. The first-order valence-corrected chi connectivity index (χ1v) is 8.07. The molecule has 5 nitrogen and oxygen atoms in total. The largest absolute Gasteiger partial charge is 0.497 e. The molecular weight excluding hydrogens is 336 g/mol. The van der Waals surface area contributed by atoms with E-state index < -0.39 is 0 Å². The highest BCUT2D eigenvalue weighted by atomic mass is 35.5. The molecule has 0 amide bonds. The number of anilines is 1. The maximum absolute atomic E-state index is 6.18. The highest BCUT2D eigenvalue weighted by molar-refractivity contribution is 6.32. The van der Waals surface area contributed by atoms with Gasteiger partial charge in [0.05, 0.1) is 13.3 Å². The molecule has 1 heterocycles. The van der Waals surface area contributed by atoms with Crippen LogP contribution >= 0.6 is 11.6 Å². The molecule has 0 atom stereocenters. The van der Waals surface area contributed by atoms with E-state index in [0.29, 0.717) is 11.0 Å². The van der Waals surface area contributed by atoms with Gasteiger partial charge in [0.25, 0.3) is 0 Å². The van der Waals surface area contributed by atoms with Gasteiger partial charge in [0.1, 0.15) is 5.75 Å². The predicted molar refractivity (Wildman–Crippen MR) is 101 cm³/mol. The minimum Gasteiger partial charge on any atom is -0.497 e. The summed E-state index contributed by atoms with van der Waals surface area (Å²) >= 11 is 6.18. The Labute approximate surface area is 151 Å². The molecule has 3 rings (SSSR count). The number of methoxy groups -OCH3 is 1. The first-order valence-electron chi connectivity index (χ1n) is 7.69. The average molecular weight is 353 g/mol. The average Bonchev–Trinajstić information content (AvgIpc) is 2.64. The number of hydrogen-bond acceptors (Lipinski definition) is 5. The van der Waals surface area contributed by atoms with E-state index in [0.717, 1.165) is 22.4 Å². The molecule has 0 aliphatic rings. The number of hydrazone groups is 1. The fourth-order valence-electron chi connectivity index (χ4n) is 2.23. The lowest BCUT2D eigenvalue weighted by Gasteiger charge is -2.06. The molecule has 126 valence electrons. The van der Waals surface area contributed by atoms with Gasteiger partial charge >= 0.3 is 0 Å². The Kier molecular flexibility index (Phi) is 5.26. The van der Waals surface area contributed by atoms with Crippen molar-refractivity contribution in [1.29, 1.82) is 0 Å². The number of nitrogens with one attached hydrogen (secondary N) is 1. The maximum Gasteiger partial charge on any atom is 0.169 e. The number of aryl methyl sites for hydroxylation is 1. The summed E-state index contributed by atoms with van der Waals surface area (Å²) in [4.78, 5) is 0. The predicted octanol–water partition coefficient (Wildman–Crippen LogP) is 4.56. The fourth-order valence-corrected chi connectivity index (χ4v) is 2.43. The van der Waals surface area contributed by atoms with Gasteiger partial charge in [-0.3, -0.25) is 5.43 Å². The summed E-state index contributed by atoms with van der Waals surface area (Å²) in [5.74, 6) is 1.32. The summed E-state index contributed by atoms with van der Waals surface area (Å²) in [7, 11) is 1.63. The molecular formula is C19H17ClN4O. The van der Waals surface area contributed by atoms with Crippen molar-refractivity contribution in [2.75, 3.05) is 12.5 Å². The third kappa shape index (κ3) is 4.33. The molecule has 0 fully saturated rings. The Morgan fingerprint density at radius 2 is 1.76 bits per heavy atom. The molecule has 0 spiro atoms. The zero-order valence-electron chi connectivity index (χ0n) is 13.9. The van der Waals surface area contributed by atoms with Crippen LogP contribution in [0.4, 0.5) is 5.82 Å². The van der Waals surface area contributed by atoms with Gasteiger partial charge in [-0.25, -0.2) is 0 Å². The van der Waals surface area contributed by atoms with Crippen LogP contribution < -0.4 is 10.2 Å². The van der Waals surface area contributed by atoms with E-state index in [-0.39, 0.29) is 0 Å². The van der Waals surface area contributed by atoms with Crippen LogP contribution in [0.15, 0.2) is 59.7 Å². The van der Waals surface area contributed by atoms with Crippen molar-refractivity contribution in [3.8, 4) is 16.9 Å². The summed E-state index contributed by atoms with van der Waals surface area (Å²) in [6.45, 7) is 2.04. The van der Waals surface area contributed by atoms with Gasteiger partial charge in [0.15, 0.2) is 11.0 Å². The van der Waals surface area contributed by atoms with Crippen molar-refractivity contribution in [1.82, 2.24) is 10.2 Å². The summed E-state index contributed by atoms with van der Waals surface area (Å²) in [6.07, 6.45) is 1.70. The molecule has 6 heteroatoms. The van der Waals surface area contributed by atoms with Crippen LogP contribution in [0.2, 0.25) is 5.15 Å². The molecule has 25 heavy (non-hydrogen) atoms. The standard InChI is InChI=1S/C19H17ClN4O/c1-13-3-7-15(8-4-13)17-11-18(23-24-19(17)20)22-21-12-14-5-9-16(25-2)10-6-14/h3-12H,1-2H3,(H,22,23)/b21-12+. The second-order valence-electron chi connectivity index (χ2n) is 5.44. The van der Waals surface area contributed by atoms with Crippen LogP contribution in [0.3, 0.4) is 0 Å². The smallest absolute Gasteiger partial charge is 0.169 e. The maximum atomic E-state index is 6.18. The molecule has 0 bridgehead atoms. The zero-order valence-corrected chi connectivity index (χ0v) is 14.7. The zero-order chi connectivity index (χ0) is 17.6. The molecule has 0 aliphatic carbocycles. The Hall–Kier alpha value is -2.92. The van der Waals surface area contributed by atoms with Crippen molar-refractivity contribution in [2.45, 2.75) is 6.92 Å². The quantitative estimate of drug-likeness (QED) is 0.540. The third-order valence-corrected chi connectivity index (χ3v) is 3.90.